The smallest absolute Gasteiger partial charge is 0.241 e. The number of ether oxygens (including phenoxy) is 1. The lowest BCUT2D eigenvalue weighted by molar-refractivity contribution is -0.134. The fraction of sp³-hybridized carbons (Fsp3) is 0.333. The van der Waals surface area contributed by atoms with Crippen LogP contribution < -0.4 is 5.73 Å². The summed E-state index contributed by atoms with van der Waals surface area (Å²) in [6.07, 6.45) is 3.27. The predicted octanol–water partition coefficient (Wildman–Crippen LogP) is 0.586. The van der Waals surface area contributed by atoms with E-state index in [1.54, 1.807) is 11.0 Å². The van der Waals surface area contributed by atoms with Crippen molar-refractivity contribution < 1.29 is 14.3 Å². The standard InChI is InChI=1S/C15H18N2O3/c16-14(18)6-5-12-3-1-2-4-13(12)11-15(19)17-7-9-20-10-8-17/h1-6H,7-11H2,(H2,16,18)/b6-5+. The largest absolute Gasteiger partial charge is 0.378 e. The van der Waals surface area contributed by atoms with Gasteiger partial charge in [0.25, 0.3) is 0 Å². The van der Waals surface area contributed by atoms with Crippen molar-refractivity contribution in [1.29, 1.82) is 0 Å². The second-order valence-corrected chi connectivity index (χ2v) is 4.60. The summed E-state index contributed by atoms with van der Waals surface area (Å²) in [6.45, 7) is 2.46. The third kappa shape index (κ3) is 3.93. The molecule has 1 heterocycles. The van der Waals surface area contributed by atoms with Crippen LogP contribution in [0, 0.1) is 0 Å². The Labute approximate surface area is 118 Å². The number of nitrogens with two attached hydrogens (primary N) is 1. The Morgan fingerprint density at radius 1 is 1.25 bits per heavy atom. The zero-order valence-electron chi connectivity index (χ0n) is 11.2. The summed E-state index contributed by atoms with van der Waals surface area (Å²) >= 11 is 0. The number of benzene rings is 1. The van der Waals surface area contributed by atoms with Crippen LogP contribution >= 0.6 is 0 Å². The molecule has 1 saturated heterocycles. The van der Waals surface area contributed by atoms with Gasteiger partial charge in [-0.05, 0) is 17.2 Å². The monoisotopic (exact) mass is 274 g/mol. The lowest BCUT2D eigenvalue weighted by atomic mass is 10.0. The summed E-state index contributed by atoms with van der Waals surface area (Å²) in [5.41, 5.74) is 6.82. The minimum atomic E-state index is -0.501. The molecular weight excluding hydrogens is 256 g/mol. The summed E-state index contributed by atoms with van der Waals surface area (Å²) < 4.78 is 5.23. The van der Waals surface area contributed by atoms with E-state index in [0.29, 0.717) is 32.7 Å². The fourth-order valence-corrected chi connectivity index (χ4v) is 2.12. The molecule has 1 aromatic carbocycles. The van der Waals surface area contributed by atoms with Crippen molar-refractivity contribution in [3.8, 4) is 0 Å². The van der Waals surface area contributed by atoms with Gasteiger partial charge in [-0.2, -0.15) is 0 Å². The van der Waals surface area contributed by atoms with Crippen molar-refractivity contribution in [2.45, 2.75) is 6.42 Å². The SMILES string of the molecule is NC(=O)/C=C/c1ccccc1CC(=O)N1CCOCC1. The molecule has 0 saturated carbocycles. The van der Waals surface area contributed by atoms with Gasteiger partial charge in [0, 0.05) is 19.2 Å². The van der Waals surface area contributed by atoms with Gasteiger partial charge in [0.1, 0.15) is 0 Å². The topological polar surface area (TPSA) is 72.6 Å². The molecule has 5 nitrogen and oxygen atoms in total. The molecule has 0 radical (unpaired) electrons. The van der Waals surface area contributed by atoms with Gasteiger partial charge in [-0.15, -0.1) is 0 Å². The number of rotatable bonds is 4. The fourth-order valence-electron chi connectivity index (χ4n) is 2.12. The molecule has 0 atom stereocenters. The molecule has 5 heteroatoms. The average molecular weight is 274 g/mol. The van der Waals surface area contributed by atoms with Crippen LogP contribution in [-0.2, 0) is 20.7 Å². The van der Waals surface area contributed by atoms with Crippen LogP contribution in [0.25, 0.3) is 6.08 Å². The first kappa shape index (κ1) is 14.3. The summed E-state index contributed by atoms with van der Waals surface area (Å²) in [5, 5.41) is 0. The predicted molar refractivity (Wildman–Crippen MR) is 75.8 cm³/mol. The number of nitrogens with zero attached hydrogens (tertiary/aromatic N) is 1. The molecule has 2 amide bonds. The van der Waals surface area contributed by atoms with Gasteiger partial charge in [-0.25, -0.2) is 0 Å². The minimum absolute atomic E-state index is 0.0771. The molecule has 0 spiro atoms. The molecule has 2 N–H and O–H groups in total. The Morgan fingerprint density at radius 2 is 1.95 bits per heavy atom. The molecule has 1 aliphatic heterocycles. The van der Waals surface area contributed by atoms with Gasteiger partial charge >= 0.3 is 0 Å². The number of carbonyl (C=O) groups is 2. The van der Waals surface area contributed by atoms with Crippen LogP contribution in [0.5, 0.6) is 0 Å². The molecule has 1 fully saturated rings. The number of primary amides is 1. The van der Waals surface area contributed by atoms with Crippen LogP contribution in [0.15, 0.2) is 30.3 Å². The molecule has 20 heavy (non-hydrogen) atoms. The van der Waals surface area contributed by atoms with E-state index in [0.717, 1.165) is 11.1 Å². The normalized spacial score (nSPS) is 15.5. The highest BCUT2D eigenvalue weighted by Crippen LogP contribution is 2.13. The highest BCUT2D eigenvalue weighted by molar-refractivity contribution is 5.90. The van der Waals surface area contributed by atoms with Gasteiger partial charge in [-0.3, -0.25) is 9.59 Å². The molecule has 0 unspecified atom stereocenters. The maximum Gasteiger partial charge on any atom is 0.241 e. The van der Waals surface area contributed by atoms with Crippen molar-refractivity contribution in [2.75, 3.05) is 26.3 Å². The summed E-state index contributed by atoms with van der Waals surface area (Å²) in [5.74, 6) is -0.424. The highest BCUT2D eigenvalue weighted by atomic mass is 16.5. The lowest BCUT2D eigenvalue weighted by Crippen LogP contribution is -2.41. The first-order valence-corrected chi connectivity index (χ1v) is 6.58. The van der Waals surface area contributed by atoms with Crippen molar-refractivity contribution in [3.05, 3.63) is 41.5 Å². The average Bonchev–Trinajstić information content (AvgIpc) is 2.47. The number of hydrogen-bond donors (Lipinski definition) is 1. The van der Waals surface area contributed by atoms with E-state index >= 15 is 0 Å². The summed E-state index contributed by atoms with van der Waals surface area (Å²) in [7, 11) is 0. The zero-order valence-corrected chi connectivity index (χ0v) is 11.2. The third-order valence-electron chi connectivity index (χ3n) is 3.19. The maximum absolute atomic E-state index is 12.2. The zero-order chi connectivity index (χ0) is 14.4. The minimum Gasteiger partial charge on any atom is -0.378 e. The molecule has 0 aliphatic carbocycles. The van der Waals surface area contributed by atoms with Crippen molar-refractivity contribution >= 4 is 17.9 Å². The molecule has 106 valence electrons. The van der Waals surface area contributed by atoms with Gasteiger partial charge in [0.15, 0.2) is 0 Å². The molecule has 1 aromatic rings. The van der Waals surface area contributed by atoms with Crippen molar-refractivity contribution in [2.24, 2.45) is 5.73 Å². The molecule has 0 aromatic heterocycles. The Hall–Kier alpha value is -2.14. The van der Waals surface area contributed by atoms with E-state index in [1.165, 1.54) is 6.08 Å². The van der Waals surface area contributed by atoms with Crippen molar-refractivity contribution in [3.63, 3.8) is 0 Å². The van der Waals surface area contributed by atoms with Crippen LogP contribution in [0.3, 0.4) is 0 Å². The second kappa shape index (κ2) is 6.86. The van der Waals surface area contributed by atoms with Gasteiger partial charge < -0.3 is 15.4 Å². The van der Waals surface area contributed by atoms with Crippen LogP contribution in [0.2, 0.25) is 0 Å². The molecule has 0 bridgehead atoms. The highest BCUT2D eigenvalue weighted by Gasteiger charge is 2.17. The quantitative estimate of drug-likeness (QED) is 0.817. The summed E-state index contributed by atoms with van der Waals surface area (Å²) in [4.78, 5) is 24.8. The van der Waals surface area contributed by atoms with Crippen LogP contribution in [0.4, 0.5) is 0 Å². The summed E-state index contributed by atoms with van der Waals surface area (Å²) in [6, 6.07) is 7.49. The van der Waals surface area contributed by atoms with Gasteiger partial charge in [-0.1, -0.05) is 24.3 Å². The Bertz CT molecular complexity index is 520. The van der Waals surface area contributed by atoms with Gasteiger partial charge in [0.2, 0.25) is 11.8 Å². The van der Waals surface area contributed by atoms with E-state index in [4.69, 9.17) is 10.5 Å². The molecule has 1 aliphatic rings. The van der Waals surface area contributed by atoms with Crippen LogP contribution in [-0.4, -0.2) is 43.0 Å². The lowest BCUT2D eigenvalue weighted by Gasteiger charge is -2.27. The molecule has 2 rings (SSSR count). The van der Waals surface area contributed by atoms with E-state index in [2.05, 4.69) is 0 Å². The number of amides is 2. The maximum atomic E-state index is 12.2. The first-order valence-electron chi connectivity index (χ1n) is 6.58. The van der Waals surface area contributed by atoms with E-state index < -0.39 is 5.91 Å². The number of carbonyl (C=O) groups excluding carboxylic acids is 2. The van der Waals surface area contributed by atoms with Gasteiger partial charge in [0.05, 0.1) is 19.6 Å². The van der Waals surface area contributed by atoms with Crippen molar-refractivity contribution in [1.82, 2.24) is 4.90 Å². The Balaban J connectivity index is 2.08. The number of hydrogen-bond acceptors (Lipinski definition) is 3. The second-order valence-electron chi connectivity index (χ2n) is 4.60. The van der Waals surface area contributed by atoms with E-state index in [-0.39, 0.29) is 5.91 Å². The Morgan fingerprint density at radius 3 is 2.65 bits per heavy atom. The third-order valence-corrected chi connectivity index (χ3v) is 3.19. The van der Waals surface area contributed by atoms with Crippen LogP contribution in [0.1, 0.15) is 11.1 Å². The molecular formula is C15H18N2O3. The Kier molecular flexibility index (Phi) is 4.90. The van der Waals surface area contributed by atoms with E-state index in [9.17, 15) is 9.59 Å². The first-order chi connectivity index (χ1) is 9.66. The van der Waals surface area contributed by atoms with E-state index in [1.807, 2.05) is 24.3 Å². The number of morpholine rings is 1.